The predicted molar refractivity (Wildman–Crippen MR) is 61.2 cm³/mol. The molecule has 1 aromatic rings. The van der Waals surface area contributed by atoms with E-state index in [4.69, 9.17) is 10.2 Å². The number of aromatic carboxylic acids is 1. The largest absolute Gasteiger partial charge is 0.478 e. The molecule has 0 fully saturated rings. The molecule has 0 aliphatic rings. The Morgan fingerprint density at radius 1 is 1.56 bits per heavy atom. The summed E-state index contributed by atoms with van der Waals surface area (Å²) in [6, 6.07) is 4.31. The van der Waals surface area contributed by atoms with E-state index in [0.29, 0.717) is 11.3 Å². The van der Waals surface area contributed by atoms with E-state index in [0.717, 1.165) is 0 Å². The van der Waals surface area contributed by atoms with Crippen molar-refractivity contribution in [2.75, 3.05) is 6.61 Å². The van der Waals surface area contributed by atoms with Crippen LogP contribution in [0.5, 0.6) is 0 Å². The van der Waals surface area contributed by atoms with Crippen molar-refractivity contribution in [3.8, 4) is 0 Å². The van der Waals surface area contributed by atoms with Crippen LogP contribution in [0.25, 0.3) is 0 Å². The van der Waals surface area contributed by atoms with E-state index in [1.807, 2.05) is 6.92 Å². The molecule has 2 N–H and O–H groups in total. The Kier molecular flexibility index (Phi) is 4.76. The van der Waals surface area contributed by atoms with Crippen molar-refractivity contribution in [3.63, 3.8) is 0 Å². The average molecular weight is 244 g/mol. The number of carboxylic acid groups (broad SMARTS) is 1. The molecule has 88 valence electrons. The molecule has 1 unspecified atom stereocenters. The first-order valence-corrected chi connectivity index (χ1v) is 5.84. The minimum absolute atomic E-state index is 0.00730. The fraction of sp³-hybridized carbons (Fsp3) is 0.364. The lowest BCUT2D eigenvalue weighted by Gasteiger charge is -2.09. The zero-order valence-corrected chi connectivity index (χ0v) is 9.63. The Morgan fingerprint density at radius 2 is 2.25 bits per heavy atom. The first-order chi connectivity index (χ1) is 7.56. The molecule has 0 saturated carbocycles. The second-order valence-electron chi connectivity index (χ2n) is 3.39. The second-order valence-corrected chi connectivity index (χ2v) is 4.81. The lowest BCUT2D eigenvalue weighted by molar-refractivity contribution is 0.0691. The van der Waals surface area contributed by atoms with Gasteiger partial charge in [-0.05, 0) is 11.6 Å². The maximum absolute atomic E-state index is 13.6. The molecule has 0 aliphatic heterocycles. The van der Waals surface area contributed by atoms with Gasteiger partial charge in [-0.3, -0.25) is 0 Å². The molecule has 0 amide bonds. The van der Waals surface area contributed by atoms with E-state index < -0.39 is 11.8 Å². The molecule has 0 saturated heterocycles. The third-order valence-electron chi connectivity index (χ3n) is 2.09. The SMILES string of the molecule is CC(CO)SCc1cccc(C(=O)O)c1F. The second kappa shape index (κ2) is 5.86. The summed E-state index contributed by atoms with van der Waals surface area (Å²) in [5.41, 5.74) is 0.0416. The fourth-order valence-corrected chi connectivity index (χ4v) is 1.93. The first kappa shape index (κ1) is 13.0. The Balaban J connectivity index is 2.81. The number of hydrogen-bond donors (Lipinski definition) is 2. The smallest absolute Gasteiger partial charge is 0.338 e. The molecule has 16 heavy (non-hydrogen) atoms. The summed E-state index contributed by atoms with van der Waals surface area (Å²) in [5, 5.41) is 17.6. The molecule has 5 heteroatoms. The van der Waals surface area contributed by atoms with Crippen molar-refractivity contribution in [2.45, 2.75) is 17.9 Å². The van der Waals surface area contributed by atoms with Gasteiger partial charge < -0.3 is 10.2 Å². The Bertz CT molecular complexity index is 381. The van der Waals surface area contributed by atoms with Gasteiger partial charge in [-0.15, -0.1) is 0 Å². The quantitative estimate of drug-likeness (QED) is 0.833. The number of hydrogen-bond acceptors (Lipinski definition) is 3. The summed E-state index contributed by atoms with van der Waals surface area (Å²) >= 11 is 1.38. The molecular formula is C11H13FO3S. The Labute approximate surface area is 97.3 Å². The summed E-state index contributed by atoms with van der Waals surface area (Å²) < 4.78 is 13.6. The van der Waals surface area contributed by atoms with E-state index in [1.54, 1.807) is 6.07 Å². The summed E-state index contributed by atoms with van der Waals surface area (Å²) in [5.74, 6) is -1.60. The molecule has 0 bridgehead atoms. The standard InChI is InChI=1S/C11H13FO3S/c1-7(5-13)16-6-8-3-2-4-9(10(8)12)11(14)15/h2-4,7,13H,5-6H2,1H3,(H,14,15). The van der Waals surface area contributed by atoms with Crippen molar-refractivity contribution in [2.24, 2.45) is 0 Å². The predicted octanol–water partition coefficient (Wildman–Crippen LogP) is 2.14. The minimum Gasteiger partial charge on any atom is -0.478 e. The van der Waals surface area contributed by atoms with Gasteiger partial charge in [0, 0.05) is 11.0 Å². The van der Waals surface area contributed by atoms with Crippen LogP contribution in [0.2, 0.25) is 0 Å². The average Bonchev–Trinajstić information content (AvgIpc) is 2.26. The molecule has 3 nitrogen and oxygen atoms in total. The van der Waals surface area contributed by atoms with Crippen LogP contribution >= 0.6 is 11.8 Å². The summed E-state index contributed by atoms with van der Waals surface area (Å²) in [7, 11) is 0. The molecule has 1 atom stereocenters. The number of aliphatic hydroxyl groups is 1. The number of halogens is 1. The van der Waals surface area contributed by atoms with E-state index in [2.05, 4.69) is 0 Å². The maximum atomic E-state index is 13.6. The van der Waals surface area contributed by atoms with Crippen LogP contribution < -0.4 is 0 Å². The maximum Gasteiger partial charge on any atom is 0.338 e. The monoisotopic (exact) mass is 244 g/mol. The Morgan fingerprint density at radius 3 is 2.81 bits per heavy atom. The van der Waals surface area contributed by atoms with Gasteiger partial charge in [-0.2, -0.15) is 11.8 Å². The van der Waals surface area contributed by atoms with E-state index >= 15 is 0 Å². The van der Waals surface area contributed by atoms with E-state index in [-0.39, 0.29) is 17.4 Å². The van der Waals surface area contributed by atoms with Crippen LogP contribution in [0.15, 0.2) is 18.2 Å². The van der Waals surface area contributed by atoms with Gasteiger partial charge in [-0.25, -0.2) is 9.18 Å². The number of carbonyl (C=O) groups is 1. The molecule has 0 spiro atoms. The number of aliphatic hydroxyl groups excluding tert-OH is 1. The summed E-state index contributed by atoms with van der Waals surface area (Å²) in [4.78, 5) is 10.7. The first-order valence-electron chi connectivity index (χ1n) is 4.79. The number of carboxylic acids is 1. The van der Waals surface area contributed by atoms with Crippen molar-refractivity contribution in [1.29, 1.82) is 0 Å². The lowest BCUT2D eigenvalue weighted by Crippen LogP contribution is -2.06. The van der Waals surface area contributed by atoms with Crippen LogP contribution in [0.3, 0.4) is 0 Å². The molecule has 0 heterocycles. The van der Waals surface area contributed by atoms with E-state index in [9.17, 15) is 9.18 Å². The highest BCUT2D eigenvalue weighted by Crippen LogP contribution is 2.21. The van der Waals surface area contributed by atoms with Gasteiger partial charge in [0.25, 0.3) is 0 Å². The Hall–Kier alpha value is -1.07. The van der Waals surface area contributed by atoms with Gasteiger partial charge in [-0.1, -0.05) is 19.1 Å². The zero-order chi connectivity index (χ0) is 12.1. The minimum atomic E-state index is -1.26. The normalized spacial score (nSPS) is 12.4. The van der Waals surface area contributed by atoms with Gasteiger partial charge in [0.1, 0.15) is 5.82 Å². The van der Waals surface area contributed by atoms with Gasteiger partial charge >= 0.3 is 5.97 Å². The molecule has 1 rings (SSSR count). The van der Waals surface area contributed by atoms with Crippen LogP contribution in [-0.4, -0.2) is 28.0 Å². The van der Waals surface area contributed by atoms with Crippen LogP contribution in [-0.2, 0) is 5.75 Å². The van der Waals surface area contributed by atoms with Crippen molar-refractivity contribution >= 4 is 17.7 Å². The van der Waals surface area contributed by atoms with Gasteiger partial charge in [0.05, 0.1) is 12.2 Å². The number of benzene rings is 1. The van der Waals surface area contributed by atoms with E-state index in [1.165, 1.54) is 23.9 Å². The molecule has 0 radical (unpaired) electrons. The molecule has 0 aliphatic carbocycles. The fourth-order valence-electron chi connectivity index (χ4n) is 1.14. The van der Waals surface area contributed by atoms with Gasteiger partial charge in [0.15, 0.2) is 0 Å². The molecule has 1 aromatic carbocycles. The summed E-state index contributed by atoms with van der Waals surface area (Å²) in [6.07, 6.45) is 0. The highest BCUT2D eigenvalue weighted by atomic mass is 32.2. The highest BCUT2D eigenvalue weighted by molar-refractivity contribution is 7.99. The number of rotatable bonds is 5. The topological polar surface area (TPSA) is 57.5 Å². The zero-order valence-electron chi connectivity index (χ0n) is 8.81. The van der Waals surface area contributed by atoms with Crippen LogP contribution in [0.1, 0.15) is 22.8 Å². The highest BCUT2D eigenvalue weighted by Gasteiger charge is 2.14. The lowest BCUT2D eigenvalue weighted by atomic mass is 10.1. The van der Waals surface area contributed by atoms with Crippen LogP contribution in [0.4, 0.5) is 4.39 Å². The molecular weight excluding hydrogens is 231 g/mol. The third-order valence-corrected chi connectivity index (χ3v) is 3.29. The van der Waals surface area contributed by atoms with Crippen molar-refractivity contribution in [3.05, 3.63) is 35.1 Å². The van der Waals surface area contributed by atoms with Crippen molar-refractivity contribution < 1.29 is 19.4 Å². The van der Waals surface area contributed by atoms with Crippen LogP contribution in [0, 0.1) is 5.82 Å². The third kappa shape index (κ3) is 3.21. The summed E-state index contributed by atoms with van der Waals surface area (Å²) in [6.45, 7) is 1.84. The van der Waals surface area contributed by atoms with Crippen molar-refractivity contribution in [1.82, 2.24) is 0 Å². The van der Waals surface area contributed by atoms with Gasteiger partial charge in [0.2, 0.25) is 0 Å². The molecule has 0 aromatic heterocycles. The number of thioether (sulfide) groups is 1.